The predicted octanol–water partition coefficient (Wildman–Crippen LogP) is 4.94. The zero-order valence-corrected chi connectivity index (χ0v) is 17.8. The van der Waals surface area contributed by atoms with E-state index >= 15 is 0 Å². The molecular formula is C26H28NOP. The first-order chi connectivity index (χ1) is 14.3. The minimum Gasteiger partial charge on any atom is -0.507 e. The molecule has 29 heavy (non-hydrogen) atoms. The molecule has 3 unspecified atom stereocenters. The van der Waals surface area contributed by atoms with Crippen LogP contribution >= 0.6 is 8.58 Å². The Balaban J connectivity index is 1.75. The minimum absolute atomic E-state index is 0.235. The fourth-order valence-electron chi connectivity index (χ4n) is 4.04. The molecule has 2 nitrogen and oxygen atoms in total. The average Bonchev–Trinajstić information content (AvgIpc) is 2.78. The van der Waals surface area contributed by atoms with Crippen molar-refractivity contribution in [1.29, 1.82) is 0 Å². The number of hydrogen-bond donors (Lipinski definition) is 2. The summed E-state index contributed by atoms with van der Waals surface area (Å²) in [6.07, 6.45) is 19.3. The van der Waals surface area contributed by atoms with Crippen LogP contribution in [0, 0.1) is 0 Å². The molecule has 0 radical (unpaired) electrons. The Labute approximate surface area is 175 Å². The first kappa shape index (κ1) is 19.9. The molecule has 0 heterocycles. The van der Waals surface area contributed by atoms with Gasteiger partial charge >= 0.3 is 0 Å². The molecule has 0 saturated heterocycles. The van der Waals surface area contributed by atoms with Crippen LogP contribution in [0.2, 0.25) is 0 Å². The molecule has 2 aromatic rings. The fourth-order valence-corrected chi connectivity index (χ4v) is 5.35. The van der Waals surface area contributed by atoms with Gasteiger partial charge in [0, 0.05) is 29.2 Å². The van der Waals surface area contributed by atoms with Gasteiger partial charge in [-0.3, -0.25) is 0 Å². The zero-order valence-electron chi connectivity index (χ0n) is 16.8. The van der Waals surface area contributed by atoms with Crippen molar-refractivity contribution >= 4 is 19.2 Å². The summed E-state index contributed by atoms with van der Waals surface area (Å²) in [5, 5.41) is 16.8. The van der Waals surface area contributed by atoms with E-state index in [9.17, 15) is 5.11 Å². The summed E-state index contributed by atoms with van der Waals surface area (Å²) in [6.45, 7) is 0.836. The van der Waals surface area contributed by atoms with Gasteiger partial charge in [0.2, 0.25) is 0 Å². The summed E-state index contributed by atoms with van der Waals surface area (Å²) in [7, 11) is 2.41. The second-order valence-electron chi connectivity index (χ2n) is 7.63. The maximum atomic E-state index is 11.2. The molecule has 2 aliphatic rings. The normalized spacial score (nSPS) is 20.7. The highest BCUT2D eigenvalue weighted by Gasteiger charge is 2.20. The van der Waals surface area contributed by atoms with Gasteiger partial charge in [-0.05, 0) is 42.4 Å². The number of nitrogens with one attached hydrogen (secondary N) is 1. The summed E-state index contributed by atoms with van der Waals surface area (Å²) < 4.78 is 0. The van der Waals surface area contributed by atoms with Gasteiger partial charge in [-0.25, -0.2) is 0 Å². The third-order valence-electron chi connectivity index (χ3n) is 5.60. The Kier molecular flexibility index (Phi) is 6.44. The Morgan fingerprint density at radius 2 is 1.66 bits per heavy atom. The highest BCUT2D eigenvalue weighted by molar-refractivity contribution is 7.55. The number of hydrogen-bond acceptors (Lipinski definition) is 2. The molecule has 2 N–H and O–H groups in total. The molecule has 3 atom stereocenters. The van der Waals surface area contributed by atoms with E-state index in [-0.39, 0.29) is 5.92 Å². The number of allylic oxidation sites excluding steroid dienone is 8. The van der Waals surface area contributed by atoms with Crippen LogP contribution in [-0.2, 0) is 6.54 Å². The van der Waals surface area contributed by atoms with E-state index in [1.54, 1.807) is 0 Å². The summed E-state index contributed by atoms with van der Waals surface area (Å²) in [5.74, 6) is 1.07. The molecule has 0 bridgehead atoms. The predicted molar refractivity (Wildman–Crippen MR) is 126 cm³/mol. The summed E-state index contributed by atoms with van der Waals surface area (Å²) in [4.78, 5) is 0. The third kappa shape index (κ3) is 4.61. The second-order valence-corrected chi connectivity index (χ2v) is 8.96. The van der Waals surface area contributed by atoms with Crippen LogP contribution in [0.3, 0.4) is 0 Å². The van der Waals surface area contributed by atoms with Crippen molar-refractivity contribution in [2.45, 2.75) is 31.2 Å². The van der Waals surface area contributed by atoms with Crippen molar-refractivity contribution in [2.75, 3.05) is 7.05 Å². The van der Waals surface area contributed by atoms with Gasteiger partial charge in [-0.2, -0.15) is 0 Å². The highest BCUT2D eigenvalue weighted by atomic mass is 31.1. The summed E-state index contributed by atoms with van der Waals surface area (Å²) >= 11 is 0. The lowest BCUT2D eigenvalue weighted by atomic mass is 9.86. The van der Waals surface area contributed by atoms with Crippen LogP contribution in [0.25, 0.3) is 0 Å². The number of aromatic hydroxyl groups is 1. The third-order valence-corrected chi connectivity index (χ3v) is 7.01. The van der Waals surface area contributed by atoms with Gasteiger partial charge in [0.25, 0.3) is 0 Å². The SMILES string of the molecule is CNCc1ccccc1Pc1cc(C2C=CC=CC2)cc(C2C=CC=CC2)c1O. The Morgan fingerprint density at radius 1 is 0.931 bits per heavy atom. The molecule has 2 aromatic carbocycles. The van der Waals surface area contributed by atoms with Crippen LogP contribution in [-0.4, -0.2) is 12.2 Å². The smallest absolute Gasteiger partial charge is 0.127 e. The van der Waals surface area contributed by atoms with Gasteiger partial charge in [-0.15, -0.1) is 0 Å². The molecule has 2 aliphatic carbocycles. The number of phenols is 1. The molecular weight excluding hydrogens is 373 g/mol. The summed E-state index contributed by atoms with van der Waals surface area (Å²) in [5.41, 5.74) is 3.65. The van der Waals surface area contributed by atoms with Crippen LogP contribution in [0.15, 0.2) is 85.0 Å². The van der Waals surface area contributed by atoms with E-state index in [1.807, 2.05) is 7.05 Å². The van der Waals surface area contributed by atoms with E-state index in [4.69, 9.17) is 0 Å². The van der Waals surface area contributed by atoms with E-state index < -0.39 is 0 Å². The Morgan fingerprint density at radius 3 is 2.34 bits per heavy atom. The van der Waals surface area contributed by atoms with Crippen molar-refractivity contribution in [2.24, 2.45) is 0 Å². The van der Waals surface area contributed by atoms with Gasteiger partial charge in [0.15, 0.2) is 0 Å². The summed E-state index contributed by atoms with van der Waals surface area (Å²) in [6, 6.07) is 13.0. The standard InChI is InChI=1S/C26H28NOP/c1-27-18-21-14-8-9-15-24(21)29-25-17-22(19-10-4-2-5-11-19)16-23(26(25)28)20-12-6-3-7-13-20/h2-10,12,14-17,19-20,27-29H,11,13,18H2,1H3. The maximum Gasteiger partial charge on any atom is 0.127 e. The van der Waals surface area contributed by atoms with Crippen LogP contribution in [0.1, 0.15) is 41.4 Å². The number of rotatable bonds is 6. The molecule has 0 aromatic heterocycles. The van der Waals surface area contributed by atoms with Crippen molar-refractivity contribution < 1.29 is 5.11 Å². The quantitative estimate of drug-likeness (QED) is 0.672. The largest absolute Gasteiger partial charge is 0.507 e. The highest BCUT2D eigenvalue weighted by Crippen LogP contribution is 2.37. The van der Waals surface area contributed by atoms with Crippen LogP contribution < -0.4 is 15.9 Å². The zero-order chi connectivity index (χ0) is 20.1. The van der Waals surface area contributed by atoms with Gasteiger partial charge in [-0.1, -0.05) is 87.5 Å². The monoisotopic (exact) mass is 401 g/mol. The van der Waals surface area contributed by atoms with E-state index in [0.29, 0.717) is 20.2 Å². The molecule has 0 fully saturated rings. The van der Waals surface area contributed by atoms with E-state index in [1.165, 1.54) is 16.4 Å². The fraction of sp³-hybridized carbons (Fsp3) is 0.231. The molecule has 0 aliphatic heterocycles. The van der Waals surface area contributed by atoms with Crippen LogP contribution in [0.4, 0.5) is 0 Å². The Bertz CT molecular complexity index is 986. The lowest BCUT2D eigenvalue weighted by molar-refractivity contribution is 0.469. The number of phenolic OH excluding ortho intramolecular Hbond substituents is 1. The lowest BCUT2D eigenvalue weighted by Crippen LogP contribution is -2.16. The first-order valence-electron chi connectivity index (χ1n) is 10.3. The minimum atomic E-state index is 0.235. The molecule has 0 amide bonds. The van der Waals surface area contributed by atoms with Gasteiger partial charge in [0.05, 0.1) is 0 Å². The molecule has 4 rings (SSSR count). The molecule has 0 saturated carbocycles. The second kappa shape index (κ2) is 9.39. The average molecular weight is 401 g/mol. The topological polar surface area (TPSA) is 32.3 Å². The molecule has 3 heteroatoms. The van der Waals surface area contributed by atoms with Crippen molar-refractivity contribution in [1.82, 2.24) is 5.32 Å². The molecule has 0 spiro atoms. The molecule has 148 valence electrons. The van der Waals surface area contributed by atoms with E-state index in [0.717, 1.165) is 30.3 Å². The van der Waals surface area contributed by atoms with Gasteiger partial charge < -0.3 is 10.4 Å². The first-order valence-corrected chi connectivity index (χ1v) is 11.3. The lowest BCUT2D eigenvalue weighted by Gasteiger charge is -2.22. The van der Waals surface area contributed by atoms with Crippen molar-refractivity contribution in [3.05, 3.63) is 102 Å². The number of benzene rings is 2. The van der Waals surface area contributed by atoms with E-state index in [2.05, 4.69) is 90.3 Å². The maximum absolute atomic E-state index is 11.2. The Hall–Kier alpha value is -2.41. The van der Waals surface area contributed by atoms with Crippen molar-refractivity contribution in [3.8, 4) is 5.75 Å². The van der Waals surface area contributed by atoms with Crippen LogP contribution in [0.5, 0.6) is 5.75 Å². The van der Waals surface area contributed by atoms with Gasteiger partial charge in [0.1, 0.15) is 5.75 Å². The van der Waals surface area contributed by atoms with Crippen molar-refractivity contribution in [3.63, 3.8) is 0 Å².